The Morgan fingerprint density at radius 1 is 1.26 bits per heavy atom. The van der Waals surface area contributed by atoms with Crippen molar-refractivity contribution >= 4 is 15.9 Å². The molecule has 1 unspecified atom stereocenters. The topological polar surface area (TPSA) is 30.5 Å². The molecule has 1 fully saturated rings. The molecule has 0 spiro atoms. The first-order valence-electron chi connectivity index (χ1n) is 6.75. The third-order valence-electron chi connectivity index (χ3n) is 3.76. The summed E-state index contributed by atoms with van der Waals surface area (Å²) >= 11 is 3.65. The average Bonchev–Trinajstić information content (AvgIpc) is 2.91. The van der Waals surface area contributed by atoms with Crippen molar-refractivity contribution in [3.63, 3.8) is 0 Å². The number of benzene rings is 1. The van der Waals surface area contributed by atoms with Crippen molar-refractivity contribution in [3.05, 3.63) is 21.7 Å². The summed E-state index contributed by atoms with van der Waals surface area (Å²) in [6.07, 6.45) is 1.16. The van der Waals surface area contributed by atoms with E-state index in [9.17, 15) is 0 Å². The summed E-state index contributed by atoms with van der Waals surface area (Å²) in [7, 11) is 3.43. The largest absolute Gasteiger partial charge is 0.495 e. The molecule has 1 aromatic rings. The van der Waals surface area contributed by atoms with Crippen molar-refractivity contribution < 1.29 is 9.47 Å². The van der Waals surface area contributed by atoms with Gasteiger partial charge < -0.3 is 14.8 Å². The Labute approximate surface area is 123 Å². The van der Waals surface area contributed by atoms with Gasteiger partial charge in [0.15, 0.2) is 0 Å². The van der Waals surface area contributed by atoms with Gasteiger partial charge in [-0.15, -0.1) is 0 Å². The highest BCUT2D eigenvalue weighted by molar-refractivity contribution is 9.10. The third kappa shape index (κ3) is 2.75. The summed E-state index contributed by atoms with van der Waals surface area (Å²) in [6, 6.07) is 2.25. The van der Waals surface area contributed by atoms with Gasteiger partial charge >= 0.3 is 0 Å². The second-order valence-electron chi connectivity index (χ2n) is 5.28. The van der Waals surface area contributed by atoms with E-state index < -0.39 is 0 Å². The fourth-order valence-corrected chi connectivity index (χ4v) is 3.50. The molecule has 3 nitrogen and oxygen atoms in total. The summed E-state index contributed by atoms with van der Waals surface area (Å²) in [5, 5.41) is 3.42. The zero-order chi connectivity index (χ0) is 14.0. The van der Waals surface area contributed by atoms with Crippen LogP contribution in [-0.2, 0) is 0 Å². The van der Waals surface area contributed by atoms with Crippen LogP contribution < -0.4 is 14.8 Å². The molecular weight excluding hydrogens is 306 g/mol. The van der Waals surface area contributed by atoms with Crippen LogP contribution in [0.2, 0.25) is 0 Å². The minimum absolute atomic E-state index is 0.422. The first kappa shape index (κ1) is 14.7. The molecule has 0 bridgehead atoms. The fraction of sp³-hybridized carbons (Fsp3) is 0.600. The summed E-state index contributed by atoms with van der Waals surface area (Å²) in [6.45, 7) is 6.47. The Morgan fingerprint density at radius 2 is 1.95 bits per heavy atom. The number of nitrogens with one attached hydrogen (secondary N) is 1. The second kappa shape index (κ2) is 6.14. The maximum absolute atomic E-state index is 5.61. The lowest BCUT2D eigenvalue weighted by Gasteiger charge is -2.22. The van der Waals surface area contributed by atoms with Crippen molar-refractivity contribution in [3.8, 4) is 11.5 Å². The molecule has 0 radical (unpaired) electrons. The third-order valence-corrected chi connectivity index (χ3v) is 4.48. The molecular formula is C15H22BrNO2. The van der Waals surface area contributed by atoms with Crippen LogP contribution in [0.5, 0.6) is 11.5 Å². The van der Waals surface area contributed by atoms with Crippen molar-refractivity contribution in [2.45, 2.75) is 32.1 Å². The predicted octanol–water partition coefficient (Wildman–Crippen LogP) is 3.67. The average molecular weight is 328 g/mol. The highest BCUT2D eigenvalue weighted by Gasteiger charge is 2.26. The van der Waals surface area contributed by atoms with Crippen LogP contribution in [0, 0.1) is 0 Å². The van der Waals surface area contributed by atoms with Gasteiger partial charge in [0.05, 0.1) is 14.2 Å². The molecule has 19 heavy (non-hydrogen) atoms. The van der Waals surface area contributed by atoms with Crippen LogP contribution in [0.15, 0.2) is 10.5 Å². The van der Waals surface area contributed by atoms with Gasteiger partial charge in [0.25, 0.3) is 0 Å². The van der Waals surface area contributed by atoms with E-state index in [1.807, 2.05) is 0 Å². The summed E-state index contributed by atoms with van der Waals surface area (Å²) in [5.41, 5.74) is 2.51. The molecule has 1 N–H and O–H groups in total. The smallest absolute Gasteiger partial charge is 0.140 e. The number of rotatable bonds is 4. The van der Waals surface area contributed by atoms with E-state index in [1.54, 1.807) is 14.2 Å². The number of hydrogen-bond acceptors (Lipinski definition) is 3. The van der Waals surface area contributed by atoms with Crippen molar-refractivity contribution in [2.75, 3.05) is 27.3 Å². The molecule has 1 aliphatic rings. The molecule has 0 saturated carbocycles. The Bertz CT molecular complexity index is 454. The maximum atomic E-state index is 5.61. The number of hydrogen-bond donors (Lipinski definition) is 1. The lowest BCUT2D eigenvalue weighted by atomic mass is 9.91. The molecule has 1 atom stereocenters. The Kier molecular flexibility index (Phi) is 4.74. The van der Waals surface area contributed by atoms with E-state index in [4.69, 9.17) is 9.47 Å². The Morgan fingerprint density at radius 3 is 2.42 bits per heavy atom. The lowest BCUT2D eigenvalue weighted by molar-refractivity contribution is 0.379. The normalized spacial score (nSPS) is 18.9. The Hall–Kier alpha value is -0.740. The van der Waals surface area contributed by atoms with E-state index in [2.05, 4.69) is 41.2 Å². The molecule has 4 heteroatoms. The molecule has 1 aliphatic heterocycles. The van der Waals surface area contributed by atoms with Crippen LogP contribution >= 0.6 is 15.9 Å². The molecule has 1 saturated heterocycles. The maximum Gasteiger partial charge on any atom is 0.140 e. The van der Waals surface area contributed by atoms with Crippen molar-refractivity contribution in [1.29, 1.82) is 0 Å². The minimum Gasteiger partial charge on any atom is -0.495 e. The van der Waals surface area contributed by atoms with Gasteiger partial charge in [0.1, 0.15) is 16.0 Å². The molecule has 0 amide bonds. The number of ether oxygens (including phenoxy) is 2. The van der Waals surface area contributed by atoms with Crippen LogP contribution in [0.1, 0.15) is 43.2 Å². The molecule has 0 aromatic heterocycles. The van der Waals surface area contributed by atoms with Crippen molar-refractivity contribution in [2.24, 2.45) is 0 Å². The quantitative estimate of drug-likeness (QED) is 0.915. The number of halogens is 1. The SMILES string of the molecule is COc1c(C(C)C)cc(C2CCNC2)c(OC)c1Br. The van der Waals surface area contributed by atoms with Crippen LogP contribution in [0.3, 0.4) is 0 Å². The minimum atomic E-state index is 0.422. The van der Waals surface area contributed by atoms with Gasteiger partial charge in [-0.2, -0.15) is 0 Å². The molecule has 0 aliphatic carbocycles. The van der Waals surface area contributed by atoms with Gasteiger partial charge in [-0.1, -0.05) is 13.8 Å². The highest BCUT2D eigenvalue weighted by atomic mass is 79.9. The number of methoxy groups -OCH3 is 2. The monoisotopic (exact) mass is 327 g/mol. The summed E-state index contributed by atoms with van der Waals surface area (Å²) in [4.78, 5) is 0. The fourth-order valence-electron chi connectivity index (χ4n) is 2.72. The van der Waals surface area contributed by atoms with E-state index in [0.717, 1.165) is 35.5 Å². The van der Waals surface area contributed by atoms with Gasteiger partial charge in [-0.3, -0.25) is 0 Å². The first-order chi connectivity index (χ1) is 9.10. The van der Waals surface area contributed by atoms with E-state index in [1.165, 1.54) is 11.1 Å². The predicted molar refractivity (Wildman–Crippen MR) is 81.6 cm³/mol. The van der Waals surface area contributed by atoms with E-state index in [-0.39, 0.29) is 0 Å². The van der Waals surface area contributed by atoms with Crippen LogP contribution in [-0.4, -0.2) is 27.3 Å². The Balaban J connectivity index is 2.58. The summed E-state index contributed by atoms with van der Waals surface area (Å²) < 4.78 is 12.1. The van der Waals surface area contributed by atoms with Gasteiger partial charge in [0.2, 0.25) is 0 Å². The van der Waals surface area contributed by atoms with Gasteiger partial charge in [-0.05, 0) is 46.4 Å². The first-order valence-corrected chi connectivity index (χ1v) is 7.54. The van der Waals surface area contributed by atoms with Gasteiger partial charge in [-0.25, -0.2) is 0 Å². The molecule has 106 valence electrons. The molecule has 1 aromatic carbocycles. The standard InChI is InChI=1S/C15H22BrNO2/c1-9(2)11-7-12(10-5-6-17-8-10)15(19-4)13(16)14(11)18-3/h7,9-10,17H,5-6,8H2,1-4H3. The molecule has 2 rings (SSSR count). The highest BCUT2D eigenvalue weighted by Crippen LogP contribution is 2.45. The zero-order valence-electron chi connectivity index (χ0n) is 12.0. The van der Waals surface area contributed by atoms with Crippen molar-refractivity contribution in [1.82, 2.24) is 5.32 Å². The summed E-state index contributed by atoms with van der Waals surface area (Å²) in [5.74, 6) is 2.75. The van der Waals surface area contributed by atoms with E-state index in [0.29, 0.717) is 11.8 Å². The van der Waals surface area contributed by atoms with Crippen LogP contribution in [0.4, 0.5) is 0 Å². The van der Waals surface area contributed by atoms with Gasteiger partial charge in [0, 0.05) is 18.0 Å². The zero-order valence-corrected chi connectivity index (χ0v) is 13.6. The lowest BCUT2D eigenvalue weighted by Crippen LogP contribution is -2.10. The second-order valence-corrected chi connectivity index (χ2v) is 6.07. The molecule has 1 heterocycles. The van der Waals surface area contributed by atoms with Crippen LogP contribution in [0.25, 0.3) is 0 Å². The van der Waals surface area contributed by atoms with E-state index >= 15 is 0 Å².